The van der Waals surface area contributed by atoms with Crippen molar-refractivity contribution in [3.63, 3.8) is 0 Å². The number of likely N-dealkylation sites (N-methyl/N-ethyl adjacent to an activating group) is 1. The van der Waals surface area contributed by atoms with Gasteiger partial charge >= 0.3 is 6.18 Å². The first-order valence-electron chi connectivity index (χ1n) is 6.14. The van der Waals surface area contributed by atoms with E-state index in [9.17, 15) is 13.2 Å². The number of rotatable bonds is 5. The molecule has 0 amide bonds. The second kappa shape index (κ2) is 6.56. The molecule has 0 aromatic carbocycles. The molecule has 1 atom stereocenters. The van der Waals surface area contributed by atoms with Crippen LogP contribution in [0.3, 0.4) is 0 Å². The molecular weight excluding hydrogens is 231 g/mol. The van der Waals surface area contributed by atoms with E-state index in [4.69, 9.17) is 0 Å². The third-order valence-corrected chi connectivity index (χ3v) is 3.24. The summed E-state index contributed by atoms with van der Waals surface area (Å²) in [5.74, 6) is 0. The summed E-state index contributed by atoms with van der Waals surface area (Å²) in [4.78, 5) is 3.77. The van der Waals surface area contributed by atoms with E-state index in [1.165, 1.54) is 4.90 Å². The zero-order valence-corrected chi connectivity index (χ0v) is 10.6. The molecule has 1 heterocycles. The van der Waals surface area contributed by atoms with Crippen LogP contribution in [-0.4, -0.2) is 68.3 Å². The fourth-order valence-electron chi connectivity index (χ4n) is 2.31. The standard InChI is InChI=1S/C11H22F3N3/c1-3-10(8-15-2)17-6-4-16(5-7-17)9-11(12,13)14/h10,15H,3-9H2,1-2H3. The predicted octanol–water partition coefficient (Wildman–Crippen LogP) is 1.16. The van der Waals surface area contributed by atoms with Gasteiger partial charge in [0.2, 0.25) is 0 Å². The predicted molar refractivity (Wildman–Crippen MR) is 62.1 cm³/mol. The van der Waals surface area contributed by atoms with Gasteiger partial charge in [-0.1, -0.05) is 6.92 Å². The molecule has 1 aliphatic heterocycles. The van der Waals surface area contributed by atoms with E-state index >= 15 is 0 Å². The Morgan fingerprint density at radius 1 is 1.18 bits per heavy atom. The van der Waals surface area contributed by atoms with Gasteiger partial charge in [0.1, 0.15) is 0 Å². The first-order valence-corrected chi connectivity index (χ1v) is 6.14. The van der Waals surface area contributed by atoms with Crippen LogP contribution >= 0.6 is 0 Å². The van der Waals surface area contributed by atoms with Crippen LogP contribution in [0.4, 0.5) is 13.2 Å². The monoisotopic (exact) mass is 253 g/mol. The molecule has 0 aliphatic carbocycles. The summed E-state index contributed by atoms with van der Waals surface area (Å²) >= 11 is 0. The highest BCUT2D eigenvalue weighted by Crippen LogP contribution is 2.18. The molecule has 6 heteroatoms. The van der Waals surface area contributed by atoms with Gasteiger partial charge in [-0.25, -0.2) is 0 Å². The van der Waals surface area contributed by atoms with Crippen LogP contribution in [0, 0.1) is 0 Å². The molecule has 1 saturated heterocycles. The normalized spacial score (nSPS) is 21.7. The first kappa shape index (κ1) is 14.7. The van der Waals surface area contributed by atoms with Crippen molar-refractivity contribution in [3.8, 4) is 0 Å². The second-order valence-electron chi connectivity index (χ2n) is 4.55. The SMILES string of the molecule is CCC(CNC)N1CCN(CC(F)(F)F)CC1. The van der Waals surface area contributed by atoms with Crippen molar-refractivity contribution >= 4 is 0 Å². The van der Waals surface area contributed by atoms with Gasteiger partial charge in [0, 0.05) is 38.8 Å². The number of hydrogen-bond donors (Lipinski definition) is 1. The zero-order valence-electron chi connectivity index (χ0n) is 10.6. The summed E-state index contributed by atoms with van der Waals surface area (Å²) < 4.78 is 36.7. The van der Waals surface area contributed by atoms with Crippen LogP contribution in [0.5, 0.6) is 0 Å². The van der Waals surface area contributed by atoms with Gasteiger partial charge in [-0.05, 0) is 13.5 Å². The number of hydrogen-bond acceptors (Lipinski definition) is 3. The van der Waals surface area contributed by atoms with Crippen molar-refractivity contribution in [2.24, 2.45) is 0 Å². The van der Waals surface area contributed by atoms with Gasteiger partial charge in [0.15, 0.2) is 0 Å². The van der Waals surface area contributed by atoms with Crippen molar-refractivity contribution in [3.05, 3.63) is 0 Å². The lowest BCUT2D eigenvalue weighted by molar-refractivity contribution is -0.149. The van der Waals surface area contributed by atoms with Gasteiger partial charge in [0.25, 0.3) is 0 Å². The summed E-state index contributed by atoms with van der Waals surface area (Å²) in [5.41, 5.74) is 0. The van der Waals surface area contributed by atoms with Crippen molar-refractivity contribution in [1.82, 2.24) is 15.1 Å². The first-order chi connectivity index (χ1) is 7.96. The lowest BCUT2D eigenvalue weighted by Crippen LogP contribution is -2.53. The molecule has 1 unspecified atom stereocenters. The van der Waals surface area contributed by atoms with E-state index in [-0.39, 0.29) is 0 Å². The van der Waals surface area contributed by atoms with E-state index in [2.05, 4.69) is 17.1 Å². The molecule has 0 radical (unpaired) electrons. The fourth-order valence-corrected chi connectivity index (χ4v) is 2.31. The van der Waals surface area contributed by atoms with Crippen LogP contribution in [0.1, 0.15) is 13.3 Å². The Balaban J connectivity index is 2.34. The Hall–Kier alpha value is -0.330. The van der Waals surface area contributed by atoms with Gasteiger partial charge in [-0.3, -0.25) is 9.80 Å². The molecule has 0 bridgehead atoms. The molecule has 0 aromatic rings. The topological polar surface area (TPSA) is 18.5 Å². The maximum absolute atomic E-state index is 12.2. The lowest BCUT2D eigenvalue weighted by atomic mass is 10.1. The van der Waals surface area contributed by atoms with E-state index in [0.717, 1.165) is 26.1 Å². The Morgan fingerprint density at radius 2 is 1.76 bits per heavy atom. The van der Waals surface area contributed by atoms with Crippen molar-refractivity contribution in [2.75, 3.05) is 46.3 Å². The van der Waals surface area contributed by atoms with Gasteiger partial charge in [-0.2, -0.15) is 13.2 Å². The molecule has 1 N–H and O–H groups in total. The van der Waals surface area contributed by atoms with Gasteiger partial charge in [0.05, 0.1) is 6.54 Å². The summed E-state index contributed by atoms with van der Waals surface area (Å²) in [6.07, 6.45) is -3.04. The van der Waals surface area contributed by atoms with Crippen LogP contribution in [0.2, 0.25) is 0 Å². The number of halogens is 3. The van der Waals surface area contributed by atoms with Crippen LogP contribution < -0.4 is 5.32 Å². The van der Waals surface area contributed by atoms with Crippen molar-refractivity contribution in [2.45, 2.75) is 25.6 Å². The van der Waals surface area contributed by atoms with E-state index in [1.54, 1.807) is 0 Å². The van der Waals surface area contributed by atoms with Crippen molar-refractivity contribution in [1.29, 1.82) is 0 Å². The molecule has 17 heavy (non-hydrogen) atoms. The molecule has 0 saturated carbocycles. The molecule has 0 aromatic heterocycles. The number of piperazine rings is 1. The average Bonchev–Trinajstić information content (AvgIpc) is 2.25. The molecule has 0 spiro atoms. The van der Waals surface area contributed by atoms with Crippen LogP contribution in [0.15, 0.2) is 0 Å². The van der Waals surface area contributed by atoms with E-state index in [1.807, 2.05) is 7.05 Å². The minimum Gasteiger partial charge on any atom is -0.318 e. The molecule has 3 nitrogen and oxygen atoms in total. The third kappa shape index (κ3) is 5.23. The fraction of sp³-hybridized carbons (Fsp3) is 1.00. The summed E-state index contributed by atoms with van der Waals surface area (Å²) in [6, 6.07) is 0.438. The molecule has 1 aliphatic rings. The average molecular weight is 253 g/mol. The van der Waals surface area contributed by atoms with Gasteiger partial charge < -0.3 is 5.32 Å². The summed E-state index contributed by atoms with van der Waals surface area (Å²) in [6.45, 7) is 4.73. The summed E-state index contributed by atoms with van der Waals surface area (Å²) in [7, 11) is 1.91. The highest BCUT2D eigenvalue weighted by atomic mass is 19.4. The number of alkyl halides is 3. The number of nitrogens with one attached hydrogen (secondary N) is 1. The third-order valence-electron chi connectivity index (χ3n) is 3.24. The zero-order chi connectivity index (χ0) is 12.9. The molecular formula is C11H22F3N3. The maximum atomic E-state index is 12.2. The Morgan fingerprint density at radius 3 is 2.18 bits per heavy atom. The highest BCUT2D eigenvalue weighted by Gasteiger charge is 2.32. The Kier molecular flexibility index (Phi) is 5.69. The Bertz CT molecular complexity index is 212. The highest BCUT2D eigenvalue weighted by molar-refractivity contribution is 4.79. The maximum Gasteiger partial charge on any atom is 0.401 e. The second-order valence-corrected chi connectivity index (χ2v) is 4.55. The smallest absolute Gasteiger partial charge is 0.318 e. The minimum absolute atomic E-state index is 0.438. The van der Waals surface area contributed by atoms with Crippen molar-refractivity contribution < 1.29 is 13.2 Å². The van der Waals surface area contributed by atoms with E-state index < -0.39 is 12.7 Å². The van der Waals surface area contributed by atoms with Crippen LogP contribution in [-0.2, 0) is 0 Å². The van der Waals surface area contributed by atoms with Crippen LogP contribution in [0.25, 0.3) is 0 Å². The largest absolute Gasteiger partial charge is 0.401 e. The molecule has 1 fully saturated rings. The number of nitrogens with zero attached hydrogens (tertiary/aromatic N) is 2. The quantitative estimate of drug-likeness (QED) is 0.793. The minimum atomic E-state index is -4.07. The summed E-state index contributed by atoms with van der Waals surface area (Å²) in [5, 5.41) is 3.13. The molecule has 1 rings (SSSR count). The van der Waals surface area contributed by atoms with E-state index in [0.29, 0.717) is 19.1 Å². The van der Waals surface area contributed by atoms with Gasteiger partial charge in [-0.15, -0.1) is 0 Å². The molecule has 102 valence electrons. The lowest BCUT2D eigenvalue weighted by Gasteiger charge is -2.39. The Labute approximate surface area is 101 Å².